The summed E-state index contributed by atoms with van der Waals surface area (Å²) in [6, 6.07) is 0. The molecule has 0 saturated carbocycles. The number of imidazole rings is 1. The second-order valence-electron chi connectivity index (χ2n) is 14.3. The van der Waals surface area contributed by atoms with Gasteiger partial charge < -0.3 is 18.7 Å². The van der Waals surface area contributed by atoms with Crippen LogP contribution in [0.3, 0.4) is 0 Å². The Bertz CT molecular complexity index is 1280. The van der Waals surface area contributed by atoms with Crippen LogP contribution in [0.2, 0.25) is 36.3 Å². The molecule has 2 aromatic rings. The van der Waals surface area contributed by atoms with E-state index < -0.39 is 40.1 Å². The van der Waals surface area contributed by atoms with E-state index in [4.69, 9.17) is 13.6 Å². The maximum Gasteiger partial charge on any atom is 0.280 e. The van der Waals surface area contributed by atoms with Gasteiger partial charge in [-0.05, 0) is 36.3 Å². The van der Waals surface area contributed by atoms with Crippen molar-refractivity contribution in [2.75, 3.05) is 18.5 Å². The average Bonchev–Trinajstić information content (AvgIpc) is 3.38. The number of anilines is 1. The van der Waals surface area contributed by atoms with Crippen molar-refractivity contribution in [3.63, 3.8) is 0 Å². The third-order valence-electron chi connectivity index (χ3n) is 8.88. The Morgan fingerprint density at radius 2 is 1.80 bits per heavy atom. The molecule has 0 aromatic carbocycles. The van der Waals surface area contributed by atoms with Crippen LogP contribution in [0.4, 0.5) is 5.95 Å². The highest BCUT2D eigenvalue weighted by Gasteiger charge is 2.55. The first-order valence-corrected chi connectivity index (χ1v) is 19.8. The van der Waals surface area contributed by atoms with E-state index in [-0.39, 0.29) is 52.2 Å². The van der Waals surface area contributed by atoms with Crippen molar-refractivity contribution >= 4 is 39.7 Å². The number of nitrogens with one attached hydrogen (secondary N) is 2. The first kappa shape index (κ1) is 32.6. The van der Waals surface area contributed by atoms with Gasteiger partial charge in [0, 0.05) is 12.3 Å². The average molecular weight is 596 g/mol. The third-order valence-corrected chi connectivity index (χ3v) is 17.8. The summed E-state index contributed by atoms with van der Waals surface area (Å²) in [6.45, 7) is 25.1. The molecule has 3 rings (SSSR count). The maximum atomic E-state index is 12.8. The van der Waals surface area contributed by atoms with Crippen LogP contribution >= 0.6 is 0 Å². The van der Waals surface area contributed by atoms with E-state index in [0.717, 1.165) is 0 Å². The van der Waals surface area contributed by atoms with Gasteiger partial charge in [-0.3, -0.25) is 24.5 Å². The summed E-state index contributed by atoms with van der Waals surface area (Å²) in [5.74, 6) is -0.515. The zero-order valence-electron chi connectivity index (χ0n) is 26.3. The van der Waals surface area contributed by atoms with Crippen molar-refractivity contribution in [2.24, 2.45) is 5.92 Å². The number of aliphatic hydroxyl groups excluding tert-OH is 1. The van der Waals surface area contributed by atoms with Crippen molar-refractivity contribution in [3.8, 4) is 0 Å². The molecule has 3 N–H and O–H groups in total. The van der Waals surface area contributed by atoms with Gasteiger partial charge in [0.25, 0.3) is 5.56 Å². The minimum absolute atomic E-state index is 0.0280. The molecule has 1 unspecified atom stereocenters. The molecule has 0 aliphatic carbocycles. The number of hydrogen-bond acceptors (Lipinski definition) is 8. The zero-order chi connectivity index (χ0) is 30.5. The summed E-state index contributed by atoms with van der Waals surface area (Å²) < 4.78 is 21.8. The molecular weight excluding hydrogens is 546 g/mol. The number of nitrogens with zero attached hydrogens (tertiary/aromatic N) is 3. The van der Waals surface area contributed by atoms with Gasteiger partial charge >= 0.3 is 0 Å². The van der Waals surface area contributed by atoms with Crippen LogP contribution in [0.5, 0.6) is 0 Å². The van der Waals surface area contributed by atoms with E-state index in [1.165, 1.54) is 6.33 Å². The summed E-state index contributed by atoms with van der Waals surface area (Å²) in [5, 5.41) is 13.4. The topological polar surface area (TPSA) is 141 Å². The lowest BCUT2D eigenvalue weighted by atomic mass is 9.99. The van der Waals surface area contributed by atoms with Gasteiger partial charge in [0.15, 0.2) is 27.8 Å². The van der Waals surface area contributed by atoms with Gasteiger partial charge in [0.05, 0.1) is 25.6 Å². The Morgan fingerprint density at radius 3 is 2.33 bits per heavy atom. The number of amides is 1. The highest BCUT2D eigenvalue weighted by Crippen LogP contribution is 2.46. The van der Waals surface area contributed by atoms with Crippen LogP contribution in [-0.2, 0) is 18.4 Å². The summed E-state index contributed by atoms with van der Waals surface area (Å²) in [6.07, 6.45) is 0.823. The molecule has 226 valence electrons. The Hall–Kier alpha value is -1.91. The van der Waals surface area contributed by atoms with E-state index in [2.05, 4.69) is 88.0 Å². The molecule has 0 radical (unpaired) electrons. The molecule has 1 aliphatic rings. The normalized spacial score (nSPS) is 22.9. The van der Waals surface area contributed by atoms with Crippen molar-refractivity contribution in [3.05, 3.63) is 16.7 Å². The van der Waals surface area contributed by atoms with E-state index in [1.54, 1.807) is 18.4 Å². The van der Waals surface area contributed by atoms with Gasteiger partial charge in [0.1, 0.15) is 11.8 Å². The number of carbonyl (C=O) groups excluding carboxylic acids is 1. The number of fused-ring (bicyclic) bond motifs is 1. The number of ether oxygens (including phenoxy) is 1. The molecule has 13 heteroatoms. The van der Waals surface area contributed by atoms with E-state index in [1.807, 2.05) is 0 Å². The van der Waals surface area contributed by atoms with Crippen molar-refractivity contribution in [2.45, 2.75) is 116 Å². The Balaban J connectivity index is 2.05. The molecule has 0 spiro atoms. The Morgan fingerprint density at radius 1 is 1.20 bits per heavy atom. The van der Waals surface area contributed by atoms with Crippen LogP contribution in [-0.4, -0.2) is 72.1 Å². The predicted molar refractivity (Wildman–Crippen MR) is 161 cm³/mol. The number of aromatic amines is 1. The van der Waals surface area contributed by atoms with Gasteiger partial charge in [-0.15, -0.1) is 0 Å². The number of aliphatic hydroxyl groups is 1. The zero-order valence-corrected chi connectivity index (χ0v) is 28.3. The number of aromatic nitrogens is 4. The fourth-order valence-electron chi connectivity index (χ4n) is 3.94. The van der Waals surface area contributed by atoms with Gasteiger partial charge in [-0.25, -0.2) is 4.98 Å². The lowest BCUT2D eigenvalue weighted by Gasteiger charge is -2.44. The number of rotatable bonds is 9. The number of H-pyrrole nitrogens is 1. The first-order valence-electron chi connectivity index (χ1n) is 14.0. The predicted octanol–water partition coefficient (Wildman–Crippen LogP) is 4.78. The molecule has 3 heterocycles. The number of carbonyl (C=O) groups is 1. The van der Waals surface area contributed by atoms with Crippen LogP contribution in [0, 0.1) is 5.92 Å². The minimum Gasteiger partial charge on any atom is -0.414 e. The summed E-state index contributed by atoms with van der Waals surface area (Å²) in [4.78, 5) is 36.5. The summed E-state index contributed by atoms with van der Waals surface area (Å²) >= 11 is 0. The summed E-state index contributed by atoms with van der Waals surface area (Å²) in [7, 11) is -4.47. The van der Waals surface area contributed by atoms with Crippen LogP contribution in [0.1, 0.15) is 68.0 Å². The molecule has 3 atom stereocenters. The second-order valence-corrected chi connectivity index (χ2v) is 23.9. The lowest BCUT2D eigenvalue weighted by Crippen LogP contribution is -2.56. The van der Waals surface area contributed by atoms with Gasteiger partial charge in [-0.1, -0.05) is 55.4 Å². The molecule has 2 aromatic heterocycles. The standard InChI is InChI=1S/C27H49N5O6Si2/c1-17(2)22(34)30-24-29-21-20(23(35)31-24)28-16-32(21)19-13-18(38-40(11,12)26(6,7)8)27(14-33,37-19)15-36-39(9,10)25(3,4)5/h16-19,33H,13-15H2,1-12H3,(H2,29,30,31,34,35)/t18-,19+,27?/m0/s1. The third kappa shape index (κ3) is 6.44. The first-order chi connectivity index (χ1) is 18.1. The van der Waals surface area contributed by atoms with Gasteiger partial charge in [-0.2, -0.15) is 4.98 Å². The monoisotopic (exact) mass is 595 g/mol. The molecule has 1 amide bonds. The van der Waals surface area contributed by atoms with E-state index in [9.17, 15) is 14.7 Å². The molecule has 1 aliphatic heterocycles. The fourth-order valence-corrected chi connectivity index (χ4v) is 6.35. The second kappa shape index (κ2) is 11.1. The SMILES string of the molecule is CC(C)C(=O)Nc1nc2c(ncn2[C@H]2C[C@H](O[Si](C)(C)C(C)(C)C)C(CO)(CO[Si](C)(C)C(C)(C)C)O2)c(=O)[nH]1. The Kier molecular flexibility index (Phi) is 9.02. The maximum absolute atomic E-state index is 12.8. The molecule has 40 heavy (non-hydrogen) atoms. The van der Waals surface area contributed by atoms with Crippen molar-refractivity contribution in [1.29, 1.82) is 0 Å². The molecule has 1 fully saturated rings. The largest absolute Gasteiger partial charge is 0.414 e. The quantitative estimate of drug-likeness (QED) is 0.352. The van der Waals surface area contributed by atoms with E-state index in [0.29, 0.717) is 6.42 Å². The van der Waals surface area contributed by atoms with Crippen LogP contribution in [0.15, 0.2) is 11.1 Å². The van der Waals surface area contributed by atoms with E-state index >= 15 is 0 Å². The molecule has 1 saturated heterocycles. The molecule has 0 bridgehead atoms. The fraction of sp³-hybridized carbons (Fsp3) is 0.778. The minimum atomic E-state index is -2.28. The lowest BCUT2D eigenvalue weighted by molar-refractivity contribution is -0.143. The Labute approximate surface area is 239 Å². The highest BCUT2D eigenvalue weighted by atomic mass is 28.4. The van der Waals surface area contributed by atoms with Crippen molar-refractivity contribution < 1.29 is 23.5 Å². The van der Waals surface area contributed by atoms with Crippen molar-refractivity contribution in [1.82, 2.24) is 19.5 Å². The molecular formula is C27H49N5O6Si2. The smallest absolute Gasteiger partial charge is 0.280 e. The molecule has 11 nitrogen and oxygen atoms in total. The van der Waals surface area contributed by atoms with Crippen LogP contribution < -0.4 is 10.9 Å². The highest BCUT2D eigenvalue weighted by molar-refractivity contribution is 6.74. The van der Waals surface area contributed by atoms with Crippen LogP contribution in [0.25, 0.3) is 11.2 Å². The van der Waals surface area contributed by atoms with Gasteiger partial charge in [0.2, 0.25) is 11.9 Å². The summed E-state index contributed by atoms with van der Waals surface area (Å²) in [5.41, 5.74) is -1.18. The number of hydrogen-bond donors (Lipinski definition) is 3.